The first-order valence-electron chi connectivity index (χ1n) is 8.95. The van der Waals surface area contributed by atoms with Crippen molar-refractivity contribution in [3.05, 3.63) is 71.8 Å². The second-order valence-corrected chi connectivity index (χ2v) is 6.44. The molecule has 0 fully saturated rings. The molecular weight excluding hydrogens is 354 g/mol. The molecular formula is C22H19N3O3. The summed E-state index contributed by atoms with van der Waals surface area (Å²) in [5.74, 6) is -0.976. The molecule has 0 aliphatic rings. The summed E-state index contributed by atoms with van der Waals surface area (Å²) in [5, 5.41) is 25.4. The highest BCUT2D eigenvalue weighted by molar-refractivity contribution is 6.09. The van der Waals surface area contributed by atoms with Crippen LogP contribution >= 0.6 is 0 Å². The smallest absolute Gasteiger partial charge is 0.275 e. The number of nitrogens with zero attached hydrogens (tertiary/aromatic N) is 2. The maximum atomic E-state index is 12.1. The van der Waals surface area contributed by atoms with E-state index in [1.54, 1.807) is 6.21 Å². The van der Waals surface area contributed by atoms with Gasteiger partial charge in [-0.15, -0.1) is 0 Å². The number of aryl methyl sites for hydroxylation is 1. The van der Waals surface area contributed by atoms with Crippen LogP contribution in [0.2, 0.25) is 0 Å². The molecule has 1 heterocycles. The number of carbonyl (C=O) groups excluding carboxylic acids is 1. The highest BCUT2D eigenvalue weighted by Crippen LogP contribution is 2.29. The molecule has 6 nitrogen and oxygen atoms in total. The lowest BCUT2D eigenvalue weighted by Gasteiger charge is -2.04. The van der Waals surface area contributed by atoms with Gasteiger partial charge in [0.1, 0.15) is 11.5 Å². The summed E-state index contributed by atoms with van der Waals surface area (Å²) in [7, 11) is 0. The van der Waals surface area contributed by atoms with Crippen molar-refractivity contribution in [2.45, 2.75) is 13.5 Å². The SMILES string of the molecule is CCn1c2ccccc2c2ccc(C=NNC(=O)c3ccc(O)cc3O)cc21. The van der Waals surface area contributed by atoms with Crippen molar-refractivity contribution in [2.24, 2.45) is 5.10 Å². The van der Waals surface area contributed by atoms with Crippen molar-refractivity contribution in [2.75, 3.05) is 0 Å². The lowest BCUT2D eigenvalue weighted by molar-refractivity contribution is 0.0952. The minimum atomic E-state index is -0.558. The summed E-state index contributed by atoms with van der Waals surface area (Å²) in [5.41, 5.74) is 5.57. The Morgan fingerprint density at radius 2 is 1.82 bits per heavy atom. The molecule has 140 valence electrons. The number of amides is 1. The van der Waals surface area contributed by atoms with E-state index in [9.17, 15) is 15.0 Å². The third-order valence-electron chi connectivity index (χ3n) is 4.72. The van der Waals surface area contributed by atoms with Gasteiger partial charge < -0.3 is 14.8 Å². The molecule has 1 aromatic heterocycles. The highest BCUT2D eigenvalue weighted by Gasteiger charge is 2.11. The number of hydrazone groups is 1. The number of carbonyl (C=O) groups is 1. The molecule has 4 aromatic rings. The molecule has 3 aromatic carbocycles. The van der Waals surface area contributed by atoms with E-state index in [4.69, 9.17) is 0 Å². The van der Waals surface area contributed by atoms with Crippen LogP contribution in [0.4, 0.5) is 0 Å². The van der Waals surface area contributed by atoms with Crippen molar-refractivity contribution in [3.8, 4) is 11.5 Å². The molecule has 4 rings (SSSR count). The largest absolute Gasteiger partial charge is 0.508 e. The van der Waals surface area contributed by atoms with Crippen LogP contribution in [-0.4, -0.2) is 26.9 Å². The molecule has 0 saturated carbocycles. The molecule has 0 spiro atoms. The molecule has 0 atom stereocenters. The predicted octanol–water partition coefficient (Wildman–Crippen LogP) is 3.99. The highest BCUT2D eigenvalue weighted by atomic mass is 16.3. The molecule has 0 aliphatic heterocycles. The number of fused-ring (bicyclic) bond motifs is 3. The number of aromatic nitrogens is 1. The van der Waals surface area contributed by atoms with Gasteiger partial charge in [-0.25, -0.2) is 5.43 Å². The molecule has 28 heavy (non-hydrogen) atoms. The Hall–Kier alpha value is -3.80. The maximum Gasteiger partial charge on any atom is 0.275 e. The average molecular weight is 373 g/mol. The molecule has 0 bridgehead atoms. The Morgan fingerprint density at radius 3 is 2.61 bits per heavy atom. The van der Waals surface area contributed by atoms with Crippen LogP contribution in [0.25, 0.3) is 21.8 Å². The first kappa shape index (κ1) is 17.6. The first-order chi connectivity index (χ1) is 13.6. The van der Waals surface area contributed by atoms with Crippen LogP contribution in [0, 0.1) is 0 Å². The van der Waals surface area contributed by atoms with E-state index < -0.39 is 5.91 Å². The van der Waals surface area contributed by atoms with Crippen molar-refractivity contribution in [1.82, 2.24) is 9.99 Å². The maximum absolute atomic E-state index is 12.1. The number of aromatic hydroxyl groups is 2. The average Bonchev–Trinajstić information content (AvgIpc) is 3.00. The number of hydrogen-bond acceptors (Lipinski definition) is 4. The zero-order valence-electron chi connectivity index (χ0n) is 15.3. The Labute approximate surface area is 161 Å². The van der Waals surface area contributed by atoms with E-state index in [1.807, 2.05) is 24.3 Å². The molecule has 0 saturated heterocycles. The van der Waals surface area contributed by atoms with E-state index in [1.165, 1.54) is 28.4 Å². The molecule has 3 N–H and O–H groups in total. The second-order valence-electron chi connectivity index (χ2n) is 6.44. The number of rotatable bonds is 4. The number of benzene rings is 3. The fraction of sp³-hybridized carbons (Fsp3) is 0.0909. The van der Waals surface area contributed by atoms with Gasteiger partial charge >= 0.3 is 0 Å². The predicted molar refractivity (Wildman–Crippen MR) is 110 cm³/mol. The van der Waals surface area contributed by atoms with E-state index in [-0.39, 0.29) is 17.1 Å². The lowest BCUT2D eigenvalue weighted by Crippen LogP contribution is -2.17. The second kappa shape index (κ2) is 7.08. The summed E-state index contributed by atoms with van der Waals surface area (Å²) in [6.45, 7) is 2.96. The number of nitrogens with one attached hydrogen (secondary N) is 1. The fourth-order valence-electron chi connectivity index (χ4n) is 3.42. The van der Waals surface area contributed by atoms with E-state index in [0.717, 1.165) is 23.7 Å². The monoisotopic (exact) mass is 373 g/mol. The fourth-order valence-corrected chi connectivity index (χ4v) is 3.42. The number of phenolic OH excluding ortho intramolecular Hbond substituents is 2. The quantitative estimate of drug-likeness (QED) is 0.373. The minimum Gasteiger partial charge on any atom is -0.508 e. The Balaban J connectivity index is 1.61. The zero-order chi connectivity index (χ0) is 19.7. The Bertz CT molecular complexity index is 1220. The summed E-state index contributed by atoms with van der Waals surface area (Å²) >= 11 is 0. The number of phenols is 2. The summed E-state index contributed by atoms with van der Waals surface area (Å²) < 4.78 is 2.25. The Kier molecular flexibility index (Phi) is 4.45. The van der Waals surface area contributed by atoms with Crippen LogP contribution < -0.4 is 5.43 Å². The normalized spacial score (nSPS) is 11.5. The van der Waals surface area contributed by atoms with Crippen LogP contribution in [0.15, 0.2) is 65.8 Å². The van der Waals surface area contributed by atoms with Crippen LogP contribution in [0.1, 0.15) is 22.8 Å². The first-order valence-corrected chi connectivity index (χ1v) is 8.95. The van der Waals surface area contributed by atoms with Crippen molar-refractivity contribution >= 4 is 33.9 Å². The van der Waals surface area contributed by atoms with Crippen LogP contribution in [-0.2, 0) is 6.54 Å². The van der Waals surface area contributed by atoms with Gasteiger partial charge in [0.2, 0.25) is 0 Å². The van der Waals surface area contributed by atoms with Crippen LogP contribution in [0.3, 0.4) is 0 Å². The van der Waals surface area contributed by atoms with Gasteiger partial charge in [-0.05, 0) is 36.8 Å². The zero-order valence-corrected chi connectivity index (χ0v) is 15.3. The van der Waals surface area contributed by atoms with Gasteiger partial charge in [-0.2, -0.15) is 5.10 Å². The van der Waals surface area contributed by atoms with Crippen LogP contribution in [0.5, 0.6) is 11.5 Å². The summed E-state index contributed by atoms with van der Waals surface area (Å²) in [6.07, 6.45) is 1.56. The van der Waals surface area contributed by atoms with E-state index in [2.05, 4.69) is 40.2 Å². The molecule has 0 unspecified atom stereocenters. The molecule has 0 radical (unpaired) electrons. The molecule has 6 heteroatoms. The molecule has 1 amide bonds. The minimum absolute atomic E-state index is 0.0384. The van der Waals surface area contributed by atoms with Crippen molar-refractivity contribution in [1.29, 1.82) is 0 Å². The topological polar surface area (TPSA) is 86.9 Å². The standard InChI is InChI=1S/C22H19N3O3/c1-2-25-19-6-4-3-5-16(19)17-9-7-14(11-20(17)25)13-23-24-22(28)18-10-8-15(26)12-21(18)27/h3-13,26-27H,2H2,1H3,(H,24,28). The van der Waals surface area contributed by atoms with Gasteiger partial charge in [0, 0.05) is 34.4 Å². The van der Waals surface area contributed by atoms with Crippen molar-refractivity contribution in [3.63, 3.8) is 0 Å². The van der Waals surface area contributed by atoms with Crippen molar-refractivity contribution < 1.29 is 15.0 Å². The number of hydrogen-bond donors (Lipinski definition) is 3. The third kappa shape index (κ3) is 3.05. The lowest BCUT2D eigenvalue weighted by atomic mass is 10.1. The van der Waals surface area contributed by atoms with Gasteiger partial charge in [0.15, 0.2) is 0 Å². The Morgan fingerprint density at radius 1 is 1.04 bits per heavy atom. The van der Waals surface area contributed by atoms with Gasteiger partial charge in [-0.3, -0.25) is 4.79 Å². The third-order valence-corrected chi connectivity index (χ3v) is 4.72. The van der Waals surface area contributed by atoms with Gasteiger partial charge in [0.05, 0.1) is 11.8 Å². The van der Waals surface area contributed by atoms with E-state index in [0.29, 0.717) is 0 Å². The van der Waals surface area contributed by atoms with E-state index >= 15 is 0 Å². The summed E-state index contributed by atoms with van der Waals surface area (Å²) in [6, 6.07) is 18.1. The summed E-state index contributed by atoms with van der Waals surface area (Å²) in [4.78, 5) is 12.1. The number of para-hydroxylation sites is 1. The van der Waals surface area contributed by atoms with Gasteiger partial charge in [0.25, 0.3) is 5.91 Å². The van der Waals surface area contributed by atoms with Gasteiger partial charge in [-0.1, -0.05) is 30.3 Å². The molecule has 0 aliphatic carbocycles.